The van der Waals surface area contributed by atoms with Crippen LogP contribution in [0.3, 0.4) is 0 Å². The number of benzene rings is 1. The number of nitro groups is 1. The quantitative estimate of drug-likeness (QED) is 0.0560. The first-order valence-electron chi connectivity index (χ1n) is 10.8. The molecule has 0 aromatic heterocycles. The fraction of sp³-hybridized carbons (Fsp3) is 0.571. The highest BCUT2D eigenvalue weighted by atomic mass is 16.7. The van der Waals surface area contributed by atoms with Crippen LogP contribution in [-0.2, 0) is 20.9 Å². The van der Waals surface area contributed by atoms with Crippen molar-refractivity contribution in [1.82, 2.24) is 10.6 Å². The zero-order valence-corrected chi connectivity index (χ0v) is 18.3. The summed E-state index contributed by atoms with van der Waals surface area (Å²) in [6, 6.07) is 9.41. The standard InChI is InChI=1S/C21H34N6O5/c22-18(13-14-20(29)32-16-17-10-6-5-7-11-17)25-19(28)12-8-3-1-2-4-9-15-24-21(23)26-27(30)31/h5-7,10-11,18H,1-4,8-9,12-16,22H2,(H,25,28)(H3,23,24,26)/t18-/m0/s1. The molecule has 0 unspecified atom stereocenters. The number of carbonyl (C=O) groups excluding carboxylic acids is 2. The number of nitrogens with two attached hydrogens (primary N) is 2. The lowest BCUT2D eigenvalue weighted by molar-refractivity contribution is -0.485. The van der Waals surface area contributed by atoms with Crippen molar-refractivity contribution in [2.75, 3.05) is 6.54 Å². The van der Waals surface area contributed by atoms with Crippen LogP contribution in [0.2, 0.25) is 0 Å². The van der Waals surface area contributed by atoms with E-state index in [-0.39, 0.29) is 30.9 Å². The van der Waals surface area contributed by atoms with E-state index < -0.39 is 11.2 Å². The predicted octanol–water partition coefficient (Wildman–Crippen LogP) is 1.74. The minimum Gasteiger partial charge on any atom is -0.461 e. The van der Waals surface area contributed by atoms with Gasteiger partial charge < -0.3 is 26.8 Å². The van der Waals surface area contributed by atoms with Gasteiger partial charge in [-0.05, 0) is 24.8 Å². The van der Waals surface area contributed by atoms with Crippen LogP contribution in [0.25, 0.3) is 0 Å². The van der Waals surface area contributed by atoms with E-state index in [1.807, 2.05) is 30.3 Å². The van der Waals surface area contributed by atoms with E-state index in [2.05, 4.69) is 15.7 Å². The number of unbranched alkanes of at least 4 members (excludes halogenated alkanes) is 5. The second-order valence-corrected chi connectivity index (χ2v) is 7.38. The molecule has 0 radical (unpaired) electrons. The molecule has 11 heteroatoms. The first-order valence-corrected chi connectivity index (χ1v) is 10.8. The Morgan fingerprint density at radius 3 is 2.41 bits per heavy atom. The Bertz CT molecular complexity index is 729. The van der Waals surface area contributed by atoms with Crippen LogP contribution in [-0.4, -0.2) is 35.6 Å². The van der Waals surface area contributed by atoms with Crippen molar-refractivity contribution < 1.29 is 19.4 Å². The van der Waals surface area contributed by atoms with Crippen LogP contribution >= 0.6 is 0 Å². The number of nitrogens with one attached hydrogen (secondary N) is 2. The summed E-state index contributed by atoms with van der Waals surface area (Å²) in [5.41, 5.74) is 12.1. The topological polar surface area (TPSA) is 175 Å². The third-order valence-corrected chi connectivity index (χ3v) is 4.57. The van der Waals surface area contributed by atoms with Gasteiger partial charge >= 0.3 is 5.97 Å². The maximum Gasteiger partial charge on any atom is 0.306 e. The fourth-order valence-corrected chi connectivity index (χ4v) is 2.89. The molecule has 0 aliphatic carbocycles. The summed E-state index contributed by atoms with van der Waals surface area (Å²) >= 11 is 0. The molecule has 1 atom stereocenters. The summed E-state index contributed by atoms with van der Waals surface area (Å²) in [4.78, 5) is 33.8. The van der Waals surface area contributed by atoms with E-state index in [1.165, 1.54) is 0 Å². The van der Waals surface area contributed by atoms with Crippen LogP contribution in [0.5, 0.6) is 0 Å². The van der Waals surface area contributed by atoms with Gasteiger partial charge in [-0.3, -0.25) is 9.59 Å². The monoisotopic (exact) mass is 450 g/mol. The predicted molar refractivity (Wildman–Crippen MR) is 121 cm³/mol. The number of hydrogen-bond acceptors (Lipinski definition) is 6. The van der Waals surface area contributed by atoms with E-state index in [1.54, 1.807) is 0 Å². The van der Waals surface area contributed by atoms with Gasteiger partial charge in [0.1, 0.15) is 11.7 Å². The second kappa shape index (κ2) is 16.5. The molecule has 0 aliphatic rings. The van der Waals surface area contributed by atoms with E-state index in [0.29, 0.717) is 19.4 Å². The normalized spacial score (nSPS) is 12.1. The minimum atomic E-state index is -0.841. The molecule has 0 spiro atoms. The van der Waals surface area contributed by atoms with Gasteiger partial charge in [0.15, 0.2) is 5.03 Å². The number of ether oxygens (including phenoxy) is 1. The summed E-state index contributed by atoms with van der Waals surface area (Å²) < 4.78 is 5.19. The molecule has 1 rings (SSSR count). The largest absolute Gasteiger partial charge is 0.461 e. The SMILES string of the molecule is N/C(=N/[N+](=O)[O-])NCCCCCCCCC(=O)N[C@H](N)CCC(=O)OCc1ccccc1. The number of nitrogens with zero attached hydrogens (tertiary/aromatic N) is 2. The lowest BCUT2D eigenvalue weighted by Crippen LogP contribution is -2.41. The Morgan fingerprint density at radius 1 is 1.06 bits per heavy atom. The molecule has 178 valence electrons. The Hall–Kier alpha value is -3.21. The molecular weight excluding hydrogens is 416 g/mol. The van der Waals surface area contributed by atoms with Gasteiger partial charge in [0, 0.05) is 19.4 Å². The molecule has 0 fully saturated rings. The minimum absolute atomic E-state index is 0.125. The molecule has 0 saturated carbocycles. The summed E-state index contributed by atoms with van der Waals surface area (Å²) in [5, 5.41) is 17.6. The lowest BCUT2D eigenvalue weighted by atomic mass is 10.1. The van der Waals surface area contributed by atoms with Crippen molar-refractivity contribution in [2.45, 2.75) is 70.6 Å². The van der Waals surface area contributed by atoms with Gasteiger partial charge in [0.25, 0.3) is 5.96 Å². The molecule has 11 nitrogen and oxygen atoms in total. The number of hydrogen-bond donors (Lipinski definition) is 4. The third kappa shape index (κ3) is 14.7. The van der Waals surface area contributed by atoms with Gasteiger partial charge in [-0.25, -0.2) is 10.1 Å². The Kier molecular flexibility index (Phi) is 13.8. The molecule has 1 amide bonds. The van der Waals surface area contributed by atoms with Crippen LogP contribution < -0.4 is 22.1 Å². The first kappa shape index (κ1) is 26.8. The van der Waals surface area contributed by atoms with Gasteiger partial charge in [-0.1, -0.05) is 56.0 Å². The Morgan fingerprint density at radius 2 is 1.72 bits per heavy atom. The maximum atomic E-state index is 11.9. The van der Waals surface area contributed by atoms with E-state index in [0.717, 1.165) is 44.1 Å². The van der Waals surface area contributed by atoms with Crippen molar-refractivity contribution in [1.29, 1.82) is 0 Å². The zero-order chi connectivity index (χ0) is 23.6. The summed E-state index contributed by atoms with van der Waals surface area (Å²) in [5.74, 6) is -0.662. The molecule has 1 aromatic carbocycles. The fourth-order valence-electron chi connectivity index (χ4n) is 2.89. The number of hydrazone groups is 1. The molecular formula is C21H34N6O5. The lowest BCUT2D eigenvalue weighted by Gasteiger charge is -2.13. The van der Waals surface area contributed by atoms with Crippen molar-refractivity contribution in [3.05, 3.63) is 46.0 Å². The number of guanidine groups is 1. The first-order chi connectivity index (χ1) is 15.4. The summed E-state index contributed by atoms with van der Waals surface area (Å²) in [7, 11) is 0. The van der Waals surface area contributed by atoms with Gasteiger partial charge in [-0.15, -0.1) is 0 Å². The summed E-state index contributed by atoms with van der Waals surface area (Å²) in [6.07, 6.45) is 5.74. The average Bonchev–Trinajstić information content (AvgIpc) is 2.75. The number of carbonyl (C=O) groups is 2. The van der Waals surface area contributed by atoms with Crippen LogP contribution in [0.15, 0.2) is 35.4 Å². The van der Waals surface area contributed by atoms with Crippen LogP contribution in [0.4, 0.5) is 0 Å². The molecule has 0 bridgehead atoms. The van der Waals surface area contributed by atoms with E-state index >= 15 is 0 Å². The molecule has 1 aromatic rings. The third-order valence-electron chi connectivity index (χ3n) is 4.57. The average molecular weight is 451 g/mol. The molecule has 0 heterocycles. The number of amides is 1. The van der Waals surface area contributed by atoms with Gasteiger partial charge in [0.2, 0.25) is 5.91 Å². The van der Waals surface area contributed by atoms with E-state index in [4.69, 9.17) is 16.2 Å². The number of rotatable bonds is 16. The maximum absolute atomic E-state index is 11.9. The second-order valence-electron chi connectivity index (χ2n) is 7.38. The van der Waals surface area contributed by atoms with Gasteiger partial charge in [0.05, 0.1) is 6.17 Å². The van der Waals surface area contributed by atoms with Crippen molar-refractivity contribution >= 4 is 17.8 Å². The van der Waals surface area contributed by atoms with E-state index in [9.17, 15) is 19.7 Å². The number of esters is 1. The Balaban J connectivity index is 1.97. The highest BCUT2D eigenvalue weighted by Gasteiger charge is 2.11. The molecule has 0 aliphatic heterocycles. The highest BCUT2D eigenvalue weighted by Crippen LogP contribution is 2.07. The van der Waals surface area contributed by atoms with Crippen molar-refractivity contribution in [2.24, 2.45) is 16.6 Å². The smallest absolute Gasteiger partial charge is 0.306 e. The summed E-state index contributed by atoms with van der Waals surface area (Å²) in [6.45, 7) is 0.755. The zero-order valence-electron chi connectivity index (χ0n) is 18.3. The van der Waals surface area contributed by atoms with Crippen molar-refractivity contribution in [3.8, 4) is 0 Å². The molecule has 0 saturated heterocycles. The highest BCUT2D eigenvalue weighted by molar-refractivity contribution is 5.77. The van der Waals surface area contributed by atoms with Crippen LogP contribution in [0.1, 0.15) is 63.4 Å². The molecule has 6 N–H and O–H groups in total. The van der Waals surface area contributed by atoms with Gasteiger partial charge in [-0.2, -0.15) is 0 Å². The van der Waals surface area contributed by atoms with Crippen molar-refractivity contribution in [3.63, 3.8) is 0 Å². The van der Waals surface area contributed by atoms with Crippen LogP contribution in [0, 0.1) is 10.1 Å². The molecule has 32 heavy (non-hydrogen) atoms. The Labute approximate surface area is 188 Å².